The topological polar surface area (TPSA) is 51.6 Å². The molecule has 0 radical (unpaired) electrons. The van der Waals surface area contributed by atoms with E-state index in [0.29, 0.717) is 24.7 Å². The third-order valence-corrected chi connectivity index (χ3v) is 3.23. The number of rotatable bonds is 6. The van der Waals surface area contributed by atoms with Crippen molar-refractivity contribution in [1.82, 2.24) is 4.98 Å². The van der Waals surface area contributed by atoms with Crippen LogP contribution < -0.4 is 9.47 Å². The van der Waals surface area contributed by atoms with Gasteiger partial charge in [-0.2, -0.15) is 0 Å². The maximum absolute atomic E-state index is 9.23. The molecule has 1 heterocycles. The van der Waals surface area contributed by atoms with Gasteiger partial charge in [0.15, 0.2) is 11.5 Å². The number of benzene rings is 1. The normalized spacial score (nSPS) is 10.3. The Morgan fingerprint density at radius 1 is 1.25 bits per heavy atom. The average molecular weight is 338 g/mol. The molecular formula is C15H16BrNO3. The fourth-order valence-electron chi connectivity index (χ4n) is 1.75. The van der Waals surface area contributed by atoms with Crippen LogP contribution in [-0.2, 0) is 13.2 Å². The van der Waals surface area contributed by atoms with Gasteiger partial charge >= 0.3 is 0 Å². The van der Waals surface area contributed by atoms with Crippen molar-refractivity contribution in [3.63, 3.8) is 0 Å². The summed E-state index contributed by atoms with van der Waals surface area (Å²) in [5.74, 6) is 1.23. The Morgan fingerprint density at radius 2 is 2.10 bits per heavy atom. The van der Waals surface area contributed by atoms with Gasteiger partial charge in [0.25, 0.3) is 0 Å². The van der Waals surface area contributed by atoms with E-state index in [1.807, 2.05) is 31.2 Å². The van der Waals surface area contributed by atoms with Gasteiger partial charge in [0.05, 0.1) is 23.4 Å². The van der Waals surface area contributed by atoms with Gasteiger partial charge in [-0.05, 0) is 52.7 Å². The van der Waals surface area contributed by atoms with Gasteiger partial charge in [-0.1, -0.05) is 6.07 Å². The summed E-state index contributed by atoms with van der Waals surface area (Å²) >= 11 is 3.45. The van der Waals surface area contributed by atoms with Gasteiger partial charge < -0.3 is 14.6 Å². The van der Waals surface area contributed by atoms with Crippen LogP contribution in [0.5, 0.6) is 11.5 Å². The molecule has 2 aromatic rings. The van der Waals surface area contributed by atoms with Crippen LogP contribution >= 0.6 is 15.9 Å². The molecule has 0 unspecified atom stereocenters. The minimum Gasteiger partial charge on any atom is -0.490 e. The molecule has 0 atom stereocenters. The SMILES string of the molecule is CCOc1cc(CO)cc(Br)c1OCc1ccccn1. The molecule has 20 heavy (non-hydrogen) atoms. The van der Waals surface area contributed by atoms with E-state index in [1.165, 1.54) is 0 Å². The predicted molar refractivity (Wildman–Crippen MR) is 79.8 cm³/mol. The highest BCUT2D eigenvalue weighted by Crippen LogP contribution is 2.37. The molecule has 0 saturated heterocycles. The second-order valence-corrected chi connectivity index (χ2v) is 4.96. The molecule has 0 aliphatic rings. The van der Waals surface area contributed by atoms with Crippen LogP contribution in [0.25, 0.3) is 0 Å². The fourth-order valence-corrected chi connectivity index (χ4v) is 2.35. The van der Waals surface area contributed by atoms with E-state index < -0.39 is 0 Å². The smallest absolute Gasteiger partial charge is 0.175 e. The molecule has 0 amide bonds. The van der Waals surface area contributed by atoms with Crippen LogP contribution in [0.15, 0.2) is 41.0 Å². The Balaban J connectivity index is 2.21. The number of ether oxygens (including phenoxy) is 2. The van der Waals surface area contributed by atoms with Crippen LogP contribution in [0.2, 0.25) is 0 Å². The molecule has 0 saturated carbocycles. The molecule has 0 bridgehead atoms. The van der Waals surface area contributed by atoms with Gasteiger partial charge in [-0.25, -0.2) is 0 Å². The van der Waals surface area contributed by atoms with E-state index in [-0.39, 0.29) is 6.61 Å². The summed E-state index contributed by atoms with van der Waals surface area (Å²) in [5, 5.41) is 9.23. The van der Waals surface area contributed by atoms with E-state index in [0.717, 1.165) is 15.7 Å². The second kappa shape index (κ2) is 7.26. The summed E-state index contributed by atoms with van der Waals surface area (Å²) in [6, 6.07) is 9.27. The van der Waals surface area contributed by atoms with Gasteiger partial charge in [-0.3, -0.25) is 4.98 Å². The zero-order chi connectivity index (χ0) is 14.4. The minimum absolute atomic E-state index is 0.0425. The molecule has 1 N–H and O–H groups in total. The second-order valence-electron chi connectivity index (χ2n) is 4.11. The number of pyridine rings is 1. The summed E-state index contributed by atoms with van der Waals surface area (Å²) in [6.07, 6.45) is 1.73. The van der Waals surface area contributed by atoms with Crippen molar-refractivity contribution in [2.24, 2.45) is 0 Å². The highest BCUT2D eigenvalue weighted by molar-refractivity contribution is 9.10. The van der Waals surface area contributed by atoms with Crippen molar-refractivity contribution in [3.8, 4) is 11.5 Å². The molecule has 0 fully saturated rings. The third kappa shape index (κ3) is 3.71. The lowest BCUT2D eigenvalue weighted by molar-refractivity contribution is 0.260. The molecule has 4 nitrogen and oxygen atoms in total. The van der Waals surface area contributed by atoms with Crippen LogP contribution in [0.4, 0.5) is 0 Å². The van der Waals surface area contributed by atoms with Gasteiger partial charge in [0.2, 0.25) is 0 Å². The molecule has 2 rings (SSSR count). The Kier molecular flexibility index (Phi) is 5.38. The number of aromatic nitrogens is 1. The number of halogens is 1. The van der Waals surface area contributed by atoms with E-state index in [4.69, 9.17) is 9.47 Å². The summed E-state index contributed by atoms with van der Waals surface area (Å²) < 4.78 is 12.1. The van der Waals surface area contributed by atoms with E-state index in [9.17, 15) is 5.11 Å². The monoisotopic (exact) mass is 337 g/mol. The zero-order valence-electron chi connectivity index (χ0n) is 11.2. The van der Waals surface area contributed by atoms with Crippen LogP contribution in [0, 0.1) is 0 Å². The number of hydrogen-bond acceptors (Lipinski definition) is 4. The first-order chi connectivity index (χ1) is 9.74. The lowest BCUT2D eigenvalue weighted by Gasteiger charge is -2.14. The molecule has 5 heteroatoms. The molecule has 0 spiro atoms. The van der Waals surface area contributed by atoms with Crippen molar-refractivity contribution in [1.29, 1.82) is 0 Å². The lowest BCUT2D eigenvalue weighted by Crippen LogP contribution is -2.02. The quantitative estimate of drug-likeness (QED) is 0.878. The zero-order valence-corrected chi connectivity index (χ0v) is 12.8. The van der Waals surface area contributed by atoms with Crippen molar-refractivity contribution in [3.05, 3.63) is 52.3 Å². The minimum atomic E-state index is -0.0425. The number of nitrogens with zero attached hydrogens (tertiary/aromatic N) is 1. The lowest BCUT2D eigenvalue weighted by atomic mass is 10.2. The van der Waals surface area contributed by atoms with Crippen molar-refractivity contribution in [2.45, 2.75) is 20.1 Å². The van der Waals surface area contributed by atoms with Crippen molar-refractivity contribution < 1.29 is 14.6 Å². The average Bonchev–Trinajstić information content (AvgIpc) is 2.47. The molecule has 1 aromatic heterocycles. The summed E-state index contributed by atoms with van der Waals surface area (Å²) in [4.78, 5) is 4.21. The van der Waals surface area contributed by atoms with E-state index >= 15 is 0 Å². The predicted octanol–water partition coefficient (Wildman–Crippen LogP) is 3.31. The first-order valence-electron chi connectivity index (χ1n) is 6.33. The maximum atomic E-state index is 9.23. The maximum Gasteiger partial charge on any atom is 0.175 e. The summed E-state index contributed by atoms with van der Waals surface area (Å²) in [5.41, 5.74) is 1.61. The Labute approximate surface area is 126 Å². The number of aliphatic hydroxyl groups is 1. The van der Waals surface area contributed by atoms with Crippen molar-refractivity contribution in [2.75, 3.05) is 6.61 Å². The van der Waals surface area contributed by atoms with Crippen LogP contribution in [0.1, 0.15) is 18.2 Å². The molecule has 106 valence electrons. The summed E-state index contributed by atoms with van der Waals surface area (Å²) in [7, 11) is 0. The van der Waals surface area contributed by atoms with Gasteiger partial charge in [-0.15, -0.1) is 0 Å². The number of aliphatic hydroxyl groups excluding tert-OH is 1. The number of hydrogen-bond donors (Lipinski definition) is 1. The standard InChI is InChI=1S/C15H16BrNO3/c1-2-19-14-8-11(9-18)7-13(16)15(14)20-10-12-5-3-4-6-17-12/h3-8,18H,2,9-10H2,1H3. The first-order valence-corrected chi connectivity index (χ1v) is 7.12. The van der Waals surface area contributed by atoms with E-state index in [2.05, 4.69) is 20.9 Å². The third-order valence-electron chi connectivity index (χ3n) is 2.64. The fraction of sp³-hybridized carbons (Fsp3) is 0.267. The van der Waals surface area contributed by atoms with E-state index in [1.54, 1.807) is 12.3 Å². The Morgan fingerprint density at radius 3 is 2.75 bits per heavy atom. The largest absolute Gasteiger partial charge is 0.490 e. The molecule has 0 aliphatic carbocycles. The Hall–Kier alpha value is -1.59. The summed E-state index contributed by atoms with van der Waals surface area (Å²) in [6.45, 7) is 2.75. The Bertz CT molecular complexity index is 561. The molecule has 1 aromatic carbocycles. The first kappa shape index (κ1) is 14.8. The van der Waals surface area contributed by atoms with Gasteiger partial charge in [0.1, 0.15) is 6.61 Å². The highest BCUT2D eigenvalue weighted by atomic mass is 79.9. The highest BCUT2D eigenvalue weighted by Gasteiger charge is 2.12. The molecule has 0 aliphatic heterocycles. The van der Waals surface area contributed by atoms with Crippen molar-refractivity contribution >= 4 is 15.9 Å². The molecular weight excluding hydrogens is 322 g/mol. The van der Waals surface area contributed by atoms with Crippen LogP contribution in [-0.4, -0.2) is 16.7 Å². The van der Waals surface area contributed by atoms with Gasteiger partial charge in [0, 0.05) is 6.20 Å². The van der Waals surface area contributed by atoms with Crippen LogP contribution in [0.3, 0.4) is 0 Å².